The smallest absolute Gasteiger partial charge is 0.189 e. The van der Waals surface area contributed by atoms with Gasteiger partial charge in [0.25, 0.3) is 0 Å². The molecule has 1 unspecified atom stereocenters. The van der Waals surface area contributed by atoms with E-state index in [1.165, 1.54) is 0 Å². The predicted octanol–water partition coefficient (Wildman–Crippen LogP) is -0.282. The molecule has 1 atom stereocenters. The van der Waals surface area contributed by atoms with E-state index in [-0.39, 0.29) is 12.1 Å². The number of nitrogens with two attached hydrogens (primary N) is 1. The summed E-state index contributed by atoms with van der Waals surface area (Å²) < 4.78 is 0. The lowest BCUT2D eigenvalue weighted by molar-refractivity contribution is -0.111. The van der Waals surface area contributed by atoms with Crippen molar-refractivity contribution in [2.75, 3.05) is 0 Å². The molecule has 0 amide bonds. The Morgan fingerprint density at radius 1 is 1.46 bits per heavy atom. The Hall–Kier alpha value is -1.55. The summed E-state index contributed by atoms with van der Waals surface area (Å²) >= 11 is 0. The first-order chi connectivity index (χ1) is 6.18. The number of allylic oxidation sites excluding steroid dienone is 5. The lowest BCUT2D eigenvalue weighted by Crippen LogP contribution is -2.52. The van der Waals surface area contributed by atoms with E-state index >= 15 is 0 Å². The molecule has 1 aliphatic carbocycles. The Morgan fingerprint density at radius 2 is 2.23 bits per heavy atom. The van der Waals surface area contributed by atoms with Gasteiger partial charge in [0.05, 0.1) is 5.57 Å². The van der Waals surface area contributed by atoms with Gasteiger partial charge in [-0.3, -0.25) is 10.5 Å². The van der Waals surface area contributed by atoms with Crippen LogP contribution in [0.5, 0.6) is 0 Å². The normalized spacial score (nSPS) is 26.2. The van der Waals surface area contributed by atoms with Crippen molar-refractivity contribution in [3.63, 3.8) is 0 Å². The lowest BCUT2D eigenvalue weighted by Gasteiger charge is -2.29. The van der Waals surface area contributed by atoms with Crippen molar-refractivity contribution in [1.82, 2.24) is 10.6 Å². The molecule has 1 heterocycles. The fraction of sp³-hybridized carbons (Fsp3) is 0.222. The van der Waals surface area contributed by atoms with E-state index in [0.717, 1.165) is 11.4 Å². The molecule has 0 aromatic rings. The van der Waals surface area contributed by atoms with Crippen LogP contribution in [0.25, 0.3) is 0 Å². The van der Waals surface area contributed by atoms with Crippen LogP contribution in [-0.4, -0.2) is 12.1 Å². The average molecular weight is 177 g/mol. The van der Waals surface area contributed by atoms with Crippen molar-refractivity contribution in [3.05, 3.63) is 35.2 Å². The van der Waals surface area contributed by atoms with Crippen LogP contribution >= 0.6 is 0 Å². The maximum atomic E-state index is 11.4. The minimum absolute atomic E-state index is 0.0156. The molecule has 0 fully saturated rings. The average Bonchev–Trinajstić information content (AvgIpc) is 2.02. The fourth-order valence-electron chi connectivity index (χ4n) is 1.55. The Balaban J connectivity index is 2.48. The van der Waals surface area contributed by atoms with Crippen LogP contribution in [0.15, 0.2) is 35.2 Å². The van der Waals surface area contributed by atoms with Gasteiger partial charge in [0, 0.05) is 11.4 Å². The summed E-state index contributed by atoms with van der Waals surface area (Å²) in [5.41, 5.74) is 7.96. The maximum absolute atomic E-state index is 11.4. The maximum Gasteiger partial charge on any atom is 0.189 e. The van der Waals surface area contributed by atoms with E-state index in [1.54, 1.807) is 12.2 Å². The molecule has 4 N–H and O–H groups in total. The Kier molecular flexibility index (Phi) is 1.70. The van der Waals surface area contributed by atoms with E-state index in [4.69, 9.17) is 5.73 Å². The van der Waals surface area contributed by atoms with Crippen molar-refractivity contribution in [2.24, 2.45) is 5.73 Å². The summed E-state index contributed by atoms with van der Waals surface area (Å²) in [5, 5.41) is 5.94. The molecule has 0 radical (unpaired) electrons. The van der Waals surface area contributed by atoms with Crippen molar-refractivity contribution >= 4 is 5.78 Å². The quantitative estimate of drug-likeness (QED) is 0.476. The number of carbonyl (C=O) groups excluding carboxylic acids is 1. The zero-order valence-electron chi connectivity index (χ0n) is 7.29. The third-order valence-electron chi connectivity index (χ3n) is 2.08. The van der Waals surface area contributed by atoms with Crippen LogP contribution in [0.1, 0.15) is 6.92 Å². The summed E-state index contributed by atoms with van der Waals surface area (Å²) in [7, 11) is 0. The first-order valence-electron chi connectivity index (χ1n) is 4.11. The Morgan fingerprint density at radius 3 is 3.00 bits per heavy atom. The van der Waals surface area contributed by atoms with Gasteiger partial charge in [-0.15, -0.1) is 0 Å². The zero-order valence-corrected chi connectivity index (χ0v) is 7.29. The van der Waals surface area contributed by atoms with Gasteiger partial charge in [-0.1, -0.05) is 6.08 Å². The summed E-state index contributed by atoms with van der Waals surface area (Å²) in [6, 6.07) is 0. The van der Waals surface area contributed by atoms with Gasteiger partial charge in [0.2, 0.25) is 0 Å². The summed E-state index contributed by atoms with van der Waals surface area (Å²) in [4.78, 5) is 11.4. The molecule has 0 spiro atoms. The number of rotatable bonds is 0. The second-order valence-corrected chi connectivity index (χ2v) is 3.07. The van der Waals surface area contributed by atoms with Gasteiger partial charge in [0.1, 0.15) is 6.29 Å². The Bertz CT molecular complexity index is 352. The highest BCUT2D eigenvalue weighted by atomic mass is 16.1. The number of carbonyl (C=O) groups is 1. The minimum Gasteiger partial charge on any atom is -0.356 e. The van der Waals surface area contributed by atoms with E-state index < -0.39 is 0 Å². The number of ketones is 1. The van der Waals surface area contributed by atoms with Gasteiger partial charge < -0.3 is 10.6 Å². The number of fused-ring (bicyclic) bond motifs is 1. The molecule has 0 saturated heterocycles. The summed E-state index contributed by atoms with van der Waals surface area (Å²) in [6.07, 6.45) is 4.80. The molecule has 2 aliphatic rings. The highest BCUT2D eigenvalue weighted by Crippen LogP contribution is 2.20. The van der Waals surface area contributed by atoms with E-state index in [2.05, 4.69) is 10.6 Å². The van der Waals surface area contributed by atoms with Gasteiger partial charge in [-0.05, 0) is 19.1 Å². The van der Waals surface area contributed by atoms with Crippen LogP contribution in [-0.2, 0) is 4.79 Å². The molecule has 0 aromatic carbocycles. The first-order valence-corrected chi connectivity index (χ1v) is 4.11. The molecule has 68 valence electrons. The molecule has 4 heteroatoms. The minimum atomic E-state index is -0.311. The van der Waals surface area contributed by atoms with Crippen LogP contribution < -0.4 is 16.4 Å². The topological polar surface area (TPSA) is 67.2 Å². The monoisotopic (exact) mass is 177 g/mol. The van der Waals surface area contributed by atoms with Gasteiger partial charge >= 0.3 is 0 Å². The number of hydrogen-bond donors (Lipinski definition) is 3. The largest absolute Gasteiger partial charge is 0.356 e. The SMILES string of the molecule is CC1=C2C(=O)C=CC=C2NC(N)N1. The van der Waals surface area contributed by atoms with Crippen molar-refractivity contribution < 1.29 is 4.79 Å². The predicted molar refractivity (Wildman–Crippen MR) is 49.2 cm³/mol. The molecule has 0 saturated carbocycles. The van der Waals surface area contributed by atoms with E-state index in [0.29, 0.717) is 5.57 Å². The van der Waals surface area contributed by atoms with E-state index in [1.807, 2.05) is 13.0 Å². The van der Waals surface area contributed by atoms with Crippen molar-refractivity contribution in [3.8, 4) is 0 Å². The molecule has 1 aliphatic heterocycles. The molecule has 4 nitrogen and oxygen atoms in total. The number of hydrogen-bond acceptors (Lipinski definition) is 4. The van der Waals surface area contributed by atoms with Crippen LogP contribution in [0.2, 0.25) is 0 Å². The standard InChI is InChI=1S/C9H11N3O/c1-5-8-6(12-9(10)11-5)3-2-4-7(8)13/h2-4,9,11-12H,10H2,1H3. The lowest BCUT2D eigenvalue weighted by atomic mass is 9.99. The molecule has 13 heavy (non-hydrogen) atoms. The van der Waals surface area contributed by atoms with Gasteiger partial charge in [0.15, 0.2) is 5.78 Å². The summed E-state index contributed by atoms with van der Waals surface area (Å²) in [6.45, 7) is 1.85. The van der Waals surface area contributed by atoms with Gasteiger partial charge in [-0.2, -0.15) is 0 Å². The van der Waals surface area contributed by atoms with Crippen molar-refractivity contribution in [2.45, 2.75) is 13.2 Å². The van der Waals surface area contributed by atoms with Crippen LogP contribution in [0, 0.1) is 0 Å². The molecule has 2 rings (SSSR count). The third-order valence-corrected chi connectivity index (χ3v) is 2.08. The van der Waals surface area contributed by atoms with Gasteiger partial charge in [-0.25, -0.2) is 0 Å². The second kappa shape index (κ2) is 2.74. The highest BCUT2D eigenvalue weighted by Gasteiger charge is 2.23. The molecular weight excluding hydrogens is 166 g/mol. The second-order valence-electron chi connectivity index (χ2n) is 3.07. The molecule has 0 bridgehead atoms. The molecule has 0 aromatic heterocycles. The molecular formula is C9H11N3O. The number of nitrogens with one attached hydrogen (secondary N) is 2. The van der Waals surface area contributed by atoms with Crippen molar-refractivity contribution in [1.29, 1.82) is 0 Å². The highest BCUT2D eigenvalue weighted by molar-refractivity contribution is 6.09. The van der Waals surface area contributed by atoms with Crippen LogP contribution in [0.4, 0.5) is 0 Å². The third kappa shape index (κ3) is 1.25. The fourth-order valence-corrected chi connectivity index (χ4v) is 1.55. The summed E-state index contributed by atoms with van der Waals surface area (Å²) in [5.74, 6) is 0.0156. The van der Waals surface area contributed by atoms with Crippen LogP contribution in [0.3, 0.4) is 0 Å². The Labute approximate surface area is 76.2 Å². The zero-order chi connectivity index (χ0) is 9.42. The first kappa shape index (κ1) is 8.07. The van der Waals surface area contributed by atoms with E-state index in [9.17, 15) is 4.79 Å².